The molecule has 1 aromatic heterocycles. The number of likely N-dealkylation sites (N-methyl/N-ethyl adjacent to an activating group) is 2. The molecular formula is C16H27N3O2S. The fourth-order valence-corrected chi connectivity index (χ4v) is 3.56. The lowest BCUT2D eigenvalue weighted by molar-refractivity contribution is -0.132. The van der Waals surface area contributed by atoms with Gasteiger partial charge in [-0.2, -0.15) is 0 Å². The van der Waals surface area contributed by atoms with Gasteiger partial charge in [0, 0.05) is 51.2 Å². The van der Waals surface area contributed by atoms with Crippen LogP contribution in [0.25, 0.3) is 0 Å². The molecule has 6 heteroatoms. The van der Waals surface area contributed by atoms with Gasteiger partial charge in [0.15, 0.2) is 0 Å². The van der Waals surface area contributed by atoms with Crippen molar-refractivity contribution in [1.29, 1.82) is 0 Å². The molecule has 1 fully saturated rings. The predicted octanol–water partition coefficient (Wildman–Crippen LogP) is 0.918. The molecule has 22 heavy (non-hydrogen) atoms. The van der Waals surface area contributed by atoms with Crippen molar-refractivity contribution in [3.63, 3.8) is 0 Å². The van der Waals surface area contributed by atoms with Gasteiger partial charge in [-0.25, -0.2) is 0 Å². The van der Waals surface area contributed by atoms with Gasteiger partial charge in [-0.3, -0.25) is 9.69 Å². The summed E-state index contributed by atoms with van der Waals surface area (Å²) in [4.78, 5) is 19.7. The average molecular weight is 325 g/mol. The van der Waals surface area contributed by atoms with E-state index in [1.807, 2.05) is 24.4 Å². The van der Waals surface area contributed by atoms with Gasteiger partial charge in [-0.15, -0.1) is 11.3 Å². The van der Waals surface area contributed by atoms with Gasteiger partial charge in [0.25, 0.3) is 0 Å². The summed E-state index contributed by atoms with van der Waals surface area (Å²) >= 11 is 1.60. The first-order chi connectivity index (χ1) is 10.5. The Morgan fingerprint density at radius 2 is 2.09 bits per heavy atom. The van der Waals surface area contributed by atoms with Gasteiger partial charge < -0.3 is 14.9 Å². The van der Waals surface area contributed by atoms with Crippen LogP contribution < -0.4 is 0 Å². The Morgan fingerprint density at radius 1 is 1.41 bits per heavy atom. The maximum atomic E-state index is 12.4. The highest BCUT2D eigenvalue weighted by molar-refractivity contribution is 7.10. The van der Waals surface area contributed by atoms with Crippen LogP contribution in [0.5, 0.6) is 0 Å². The highest BCUT2D eigenvalue weighted by atomic mass is 32.1. The monoisotopic (exact) mass is 325 g/mol. The summed E-state index contributed by atoms with van der Waals surface area (Å²) in [6, 6.07) is 3.95. The summed E-state index contributed by atoms with van der Waals surface area (Å²) in [5.74, 6) is -0.0688. The highest BCUT2D eigenvalue weighted by Gasteiger charge is 2.23. The Kier molecular flexibility index (Phi) is 6.37. The number of thiophene rings is 1. The van der Waals surface area contributed by atoms with Crippen LogP contribution in [0.4, 0.5) is 0 Å². The van der Waals surface area contributed by atoms with E-state index in [2.05, 4.69) is 16.8 Å². The summed E-state index contributed by atoms with van der Waals surface area (Å²) in [5.41, 5.74) is 0. The SMILES string of the molecule is CC(C(=O)N(C)CC(O)CN1CCN(C)CC1)c1cccs1. The molecule has 2 atom stereocenters. The molecule has 1 N–H and O–H groups in total. The fraction of sp³-hybridized carbons (Fsp3) is 0.688. The molecule has 0 aliphatic carbocycles. The van der Waals surface area contributed by atoms with Crippen molar-refractivity contribution in [3.8, 4) is 0 Å². The first kappa shape index (κ1) is 17.4. The van der Waals surface area contributed by atoms with Crippen molar-refractivity contribution in [2.24, 2.45) is 0 Å². The summed E-state index contributed by atoms with van der Waals surface area (Å²) in [6.07, 6.45) is -0.493. The number of carbonyl (C=O) groups is 1. The fourth-order valence-electron chi connectivity index (χ4n) is 2.78. The zero-order valence-corrected chi connectivity index (χ0v) is 14.6. The van der Waals surface area contributed by atoms with E-state index >= 15 is 0 Å². The number of aliphatic hydroxyl groups excluding tert-OH is 1. The number of carbonyl (C=O) groups excluding carboxylic acids is 1. The van der Waals surface area contributed by atoms with Crippen molar-refractivity contribution in [3.05, 3.63) is 22.4 Å². The van der Waals surface area contributed by atoms with Crippen molar-refractivity contribution in [2.75, 3.05) is 53.4 Å². The molecule has 1 aromatic rings. The largest absolute Gasteiger partial charge is 0.390 e. The third-order valence-corrected chi connectivity index (χ3v) is 5.32. The van der Waals surface area contributed by atoms with Crippen LogP contribution in [0.15, 0.2) is 17.5 Å². The zero-order valence-electron chi connectivity index (χ0n) is 13.7. The maximum absolute atomic E-state index is 12.4. The topological polar surface area (TPSA) is 47.0 Å². The second kappa shape index (κ2) is 8.06. The third kappa shape index (κ3) is 4.78. The van der Waals surface area contributed by atoms with E-state index in [0.717, 1.165) is 31.1 Å². The second-order valence-electron chi connectivity index (χ2n) is 6.21. The van der Waals surface area contributed by atoms with Crippen molar-refractivity contribution in [2.45, 2.75) is 18.9 Å². The molecule has 0 bridgehead atoms. The summed E-state index contributed by atoms with van der Waals surface area (Å²) in [6.45, 7) is 7.00. The van der Waals surface area contributed by atoms with Gasteiger partial charge >= 0.3 is 0 Å². The van der Waals surface area contributed by atoms with Gasteiger partial charge in [-0.1, -0.05) is 6.07 Å². The quantitative estimate of drug-likeness (QED) is 0.845. The molecule has 2 rings (SSSR count). The Morgan fingerprint density at radius 3 is 2.68 bits per heavy atom. The average Bonchev–Trinajstić information content (AvgIpc) is 3.02. The summed E-state index contributed by atoms with van der Waals surface area (Å²) in [7, 11) is 3.89. The Hall–Kier alpha value is -0.950. The van der Waals surface area contributed by atoms with Crippen LogP contribution in [-0.2, 0) is 4.79 Å². The van der Waals surface area contributed by atoms with E-state index in [-0.39, 0.29) is 11.8 Å². The van der Waals surface area contributed by atoms with Crippen LogP contribution in [-0.4, -0.2) is 85.2 Å². The Balaban J connectivity index is 1.78. The van der Waals surface area contributed by atoms with Crippen LogP contribution in [0, 0.1) is 0 Å². The number of amides is 1. The van der Waals surface area contributed by atoms with E-state index in [4.69, 9.17) is 0 Å². The highest BCUT2D eigenvalue weighted by Crippen LogP contribution is 2.22. The van der Waals surface area contributed by atoms with Gasteiger partial charge in [-0.05, 0) is 25.4 Å². The lowest BCUT2D eigenvalue weighted by Crippen LogP contribution is -2.49. The summed E-state index contributed by atoms with van der Waals surface area (Å²) in [5, 5.41) is 12.2. The van der Waals surface area contributed by atoms with Crippen molar-refractivity contribution in [1.82, 2.24) is 14.7 Å². The molecule has 0 radical (unpaired) electrons. The van der Waals surface area contributed by atoms with Gasteiger partial charge in [0.2, 0.25) is 5.91 Å². The lowest BCUT2D eigenvalue weighted by atomic mass is 10.1. The molecule has 0 saturated carbocycles. The van der Waals surface area contributed by atoms with Crippen LogP contribution in [0.1, 0.15) is 17.7 Å². The first-order valence-corrected chi connectivity index (χ1v) is 8.72. The summed E-state index contributed by atoms with van der Waals surface area (Å²) < 4.78 is 0. The van der Waals surface area contributed by atoms with Crippen molar-refractivity contribution < 1.29 is 9.90 Å². The smallest absolute Gasteiger partial charge is 0.230 e. The Bertz CT molecular complexity index is 458. The molecule has 0 aromatic carbocycles. The molecule has 124 valence electrons. The number of β-amino-alcohol motifs (C(OH)–C–C–N with tert-alkyl or cyclic N) is 1. The predicted molar refractivity (Wildman–Crippen MR) is 90.3 cm³/mol. The molecule has 2 heterocycles. The lowest BCUT2D eigenvalue weighted by Gasteiger charge is -2.34. The van der Waals surface area contributed by atoms with E-state index in [9.17, 15) is 9.90 Å². The molecule has 1 aliphatic heterocycles. The van der Waals surface area contributed by atoms with E-state index in [0.29, 0.717) is 13.1 Å². The Labute approximate surface area is 137 Å². The minimum absolute atomic E-state index is 0.0693. The van der Waals surface area contributed by atoms with Crippen LogP contribution in [0.2, 0.25) is 0 Å². The van der Waals surface area contributed by atoms with Crippen molar-refractivity contribution >= 4 is 17.2 Å². The number of piperazine rings is 1. The van der Waals surface area contributed by atoms with Crippen LogP contribution >= 0.6 is 11.3 Å². The van der Waals surface area contributed by atoms with E-state index in [1.54, 1.807) is 23.3 Å². The van der Waals surface area contributed by atoms with Gasteiger partial charge in [0.05, 0.1) is 12.0 Å². The number of rotatable bonds is 6. The molecule has 1 saturated heterocycles. The minimum atomic E-state index is -0.493. The third-order valence-electron chi connectivity index (χ3n) is 4.27. The number of nitrogens with zero attached hydrogens (tertiary/aromatic N) is 3. The van der Waals surface area contributed by atoms with E-state index in [1.165, 1.54) is 0 Å². The molecule has 0 spiro atoms. The molecule has 2 unspecified atom stereocenters. The standard InChI is InChI=1S/C16H27N3O2S/c1-13(15-5-4-10-22-15)16(21)18(3)11-14(20)12-19-8-6-17(2)7-9-19/h4-5,10,13-14,20H,6-9,11-12H2,1-3H3. The molecule has 1 aliphatic rings. The first-order valence-electron chi connectivity index (χ1n) is 7.84. The van der Waals surface area contributed by atoms with Gasteiger partial charge in [0.1, 0.15) is 0 Å². The number of hydrogen-bond donors (Lipinski definition) is 1. The maximum Gasteiger partial charge on any atom is 0.230 e. The zero-order chi connectivity index (χ0) is 16.1. The minimum Gasteiger partial charge on any atom is -0.390 e. The normalized spacial score (nSPS) is 19.8. The number of hydrogen-bond acceptors (Lipinski definition) is 5. The number of aliphatic hydroxyl groups is 1. The molecular weight excluding hydrogens is 298 g/mol. The van der Waals surface area contributed by atoms with Crippen LogP contribution in [0.3, 0.4) is 0 Å². The molecule has 1 amide bonds. The molecule has 5 nitrogen and oxygen atoms in total. The second-order valence-corrected chi connectivity index (χ2v) is 7.19. The van der Waals surface area contributed by atoms with E-state index < -0.39 is 6.10 Å².